The van der Waals surface area contributed by atoms with Gasteiger partial charge in [-0.15, -0.1) is 5.10 Å². The minimum atomic E-state index is -0.613. The number of benzene rings is 2. The third-order valence-electron chi connectivity index (χ3n) is 5.63. The molecule has 1 aromatic heterocycles. The van der Waals surface area contributed by atoms with Gasteiger partial charge in [0.1, 0.15) is 6.04 Å². The van der Waals surface area contributed by atoms with Crippen molar-refractivity contribution in [2.75, 3.05) is 12.4 Å². The van der Waals surface area contributed by atoms with E-state index in [0.717, 1.165) is 11.1 Å². The van der Waals surface area contributed by atoms with Gasteiger partial charge in [-0.05, 0) is 79.9 Å². The second kappa shape index (κ2) is 12.0. The summed E-state index contributed by atoms with van der Waals surface area (Å²) in [5, 5.41) is 9.27. The average Bonchev–Trinajstić information content (AvgIpc) is 3.25. The Morgan fingerprint density at radius 1 is 1.21 bits per heavy atom. The van der Waals surface area contributed by atoms with Crippen LogP contribution in [0.4, 0.5) is 5.95 Å². The number of hydrogen-bond acceptors (Lipinski definition) is 8. The molecule has 1 atom stereocenters. The number of anilines is 1. The Morgan fingerprint density at radius 2 is 1.95 bits per heavy atom. The Labute approximate surface area is 240 Å². The van der Waals surface area contributed by atoms with Crippen LogP contribution in [0.5, 0.6) is 11.5 Å². The third-order valence-corrected chi connectivity index (χ3v) is 7.48. The maximum atomic E-state index is 13.4. The molecule has 1 aliphatic heterocycles. The first-order valence-corrected chi connectivity index (χ1v) is 14.3. The molecule has 0 spiro atoms. The molecule has 0 radical (unpaired) electrons. The molecule has 3 aromatic rings. The maximum absolute atomic E-state index is 13.4. The van der Waals surface area contributed by atoms with Gasteiger partial charge in [-0.1, -0.05) is 41.6 Å². The number of carbonyl (C=O) groups excluding carboxylic acids is 1. The Kier molecular flexibility index (Phi) is 8.95. The predicted molar refractivity (Wildman–Crippen MR) is 153 cm³/mol. The van der Waals surface area contributed by atoms with E-state index in [1.165, 1.54) is 11.8 Å². The fourth-order valence-electron chi connectivity index (χ4n) is 4.05. The zero-order valence-electron chi connectivity index (χ0n) is 22.0. The Hall–Kier alpha value is -2.69. The van der Waals surface area contributed by atoms with Crippen molar-refractivity contribution in [2.24, 2.45) is 0 Å². The summed E-state index contributed by atoms with van der Waals surface area (Å²) < 4.78 is 19.7. The summed E-state index contributed by atoms with van der Waals surface area (Å²) in [4.78, 5) is 18.1. The first-order chi connectivity index (χ1) is 18.1. The van der Waals surface area contributed by atoms with Gasteiger partial charge in [0.15, 0.2) is 11.5 Å². The van der Waals surface area contributed by atoms with E-state index in [4.69, 9.17) is 35.9 Å². The zero-order chi connectivity index (χ0) is 27.6. The smallest absolute Gasteiger partial charge is 0.338 e. The van der Waals surface area contributed by atoms with Gasteiger partial charge in [0.25, 0.3) is 0 Å². The Bertz CT molecular complexity index is 1380. The predicted octanol–water partition coefficient (Wildman–Crippen LogP) is 7.02. The number of ether oxygens (including phenoxy) is 3. The van der Waals surface area contributed by atoms with E-state index in [-0.39, 0.29) is 12.2 Å². The summed E-state index contributed by atoms with van der Waals surface area (Å²) in [7, 11) is 1.58. The number of allylic oxidation sites excluding steroid dienone is 1. The topological polar surface area (TPSA) is 87.5 Å². The van der Waals surface area contributed by atoms with Gasteiger partial charge >= 0.3 is 5.97 Å². The molecule has 1 aliphatic rings. The van der Waals surface area contributed by atoms with Crippen LogP contribution in [0, 0.1) is 0 Å². The molecule has 1 N–H and O–H groups in total. The summed E-state index contributed by atoms with van der Waals surface area (Å²) in [5.41, 5.74) is 2.82. The molecule has 0 saturated heterocycles. The summed E-state index contributed by atoms with van der Waals surface area (Å²) in [5.74, 6) is 1.81. The first kappa shape index (κ1) is 28.3. The van der Waals surface area contributed by atoms with Gasteiger partial charge in [-0.2, -0.15) is 4.98 Å². The Balaban J connectivity index is 1.78. The highest BCUT2D eigenvalue weighted by Crippen LogP contribution is 2.43. The molecule has 0 fully saturated rings. The van der Waals surface area contributed by atoms with Gasteiger partial charge in [0.05, 0.1) is 29.4 Å². The number of rotatable bonds is 9. The molecule has 11 heteroatoms. The van der Waals surface area contributed by atoms with Crippen molar-refractivity contribution in [3.05, 3.63) is 68.3 Å². The fraction of sp³-hybridized carbons (Fsp3) is 0.370. The molecule has 0 saturated carbocycles. The number of aromatic nitrogens is 3. The summed E-state index contributed by atoms with van der Waals surface area (Å²) in [6.07, 6.45) is -0.339. The lowest BCUT2D eigenvalue weighted by Gasteiger charge is -2.29. The third kappa shape index (κ3) is 6.13. The maximum Gasteiger partial charge on any atom is 0.338 e. The van der Waals surface area contributed by atoms with E-state index in [1.807, 2.05) is 71.0 Å². The van der Waals surface area contributed by atoms with Gasteiger partial charge in [-0.3, -0.25) is 0 Å². The van der Waals surface area contributed by atoms with Crippen molar-refractivity contribution in [3.8, 4) is 11.5 Å². The van der Waals surface area contributed by atoms with Crippen LogP contribution in [-0.2, 0) is 15.3 Å². The minimum Gasteiger partial charge on any atom is -0.493 e. The van der Waals surface area contributed by atoms with Crippen molar-refractivity contribution in [3.63, 3.8) is 0 Å². The first-order valence-electron chi connectivity index (χ1n) is 12.1. The van der Waals surface area contributed by atoms with Crippen LogP contribution in [0.1, 0.15) is 51.8 Å². The highest BCUT2D eigenvalue weighted by Gasteiger charge is 2.36. The fourth-order valence-corrected chi connectivity index (χ4v) is 5.72. The van der Waals surface area contributed by atoms with Crippen molar-refractivity contribution < 1.29 is 19.0 Å². The van der Waals surface area contributed by atoms with E-state index >= 15 is 0 Å². The molecule has 0 amide bonds. The lowest BCUT2D eigenvalue weighted by atomic mass is 9.95. The molecule has 0 aliphatic carbocycles. The van der Waals surface area contributed by atoms with Gasteiger partial charge in [-0.25, -0.2) is 9.48 Å². The Morgan fingerprint density at radius 3 is 2.61 bits per heavy atom. The van der Waals surface area contributed by atoms with Gasteiger partial charge in [0.2, 0.25) is 11.1 Å². The minimum absolute atomic E-state index is 0.0525. The van der Waals surface area contributed by atoms with Crippen LogP contribution < -0.4 is 14.8 Å². The number of nitrogens with one attached hydrogen (secondary N) is 1. The van der Waals surface area contributed by atoms with Crippen LogP contribution in [0.2, 0.25) is 5.02 Å². The molecular weight excluding hydrogens is 592 g/mol. The monoisotopic (exact) mass is 620 g/mol. The summed E-state index contributed by atoms with van der Waals surface area (Å²) in [6, 6.07) is 10.8. The van der Waals surface area contributed by atoms with Crippen LogP contribution in [0.15, 0.2) is 57.3 Å². The quantitative estimate of drug-likeness (QED) is 0.201. The molecule has 4 rings (SSSR count). The highest BCUT2D eigenvalue weighted by atomic mass is 79.9. The number of methoxy groups -OCH3 is 1. The summed E-state index contributed by atoms with van der Waals surface area (Å²) >= 11 is 11.4. The number of thioether (sulfide) groups is 1. The molecule has 2 heterocycles. The number of carbonyl (C=O) groups is 1. The molecule has 0 bridgehead atoms. The molecule has 2 aromatic carbocycles. The van der Waals surface area contributed by atoms with E-state index in [2.05, 4.69) is 21.2 Å². The number of fused-ring (bicyclic) bond motifs is 1. The molecule has 202 valence electrons. The van der Waals surface area contributed by atoms with Crippen LogP contribution >= 0.6 is 39.3 Å². The van der Waals surface area contributed by atoms with E-state index < -0.39 is 12.0 Å². The van der Waals surface area contributed by atoms with Crippen LogP contribution in [0.3, 0.4) is 0 Å². The van der Waals surface area contributed by atoms with Crippen molar-refractivity contribution in [2.45, 2.75) is 63.8 Å². The molecule has 1 unspecified atom stereocenters. The van der Waals surface area contributed by atoms with Crippen molar-refractivity contribution in [1.29, 1.82) is 0 Å². The standard InChI is InChI=1S/C27H30BrClN4O4S/c1-14(2)36-24-19(28)11-18(12-21(24)35-6)23-22(25(34)37-15(3)4)16(5)30-26-31-27(32-33(23)26)38-13-17-9-7-8-10-20(17)29/h7-12,14-15,23H,13H2,1-6H3,(H,30,31,32). The zero-order valence-corrected chi connectivity index (χ0v) is 25.2. The number of esters is 1. The van der Waals surface area contributed by atoms with E-state index in [0.29, 0.717) is 49.1 Å². The van der Waals surface area contributed by atoms with E-state index in [1.54, 1.807) is 11.8 Å². The molecule has 8 nitrogen and oxygen atoms in total. The molecule has 38 heavy (non-hydrogen) atoms. The average molecular weight is 622 g/mol. The van der Waals surface area contributed by atoms with Crippen LogP contribution in [-0.4, -0.2) is 40.1 Å². The second-order valence-electron chi connectivity index (χ2n) is 9.26. The van der Waals surface area contributed by atoms with Crippen molar-refractivity contribution >= 4 is 51.2 Å². The molecular formula is C27H30BrClN4O4S. The largest absolute Gasteiger partial charge is 0.493 e. The lowest BCUT2D eigenvalue weighted by molar-refractivity contribution is -0.143. The van der Waals surface area contributed by atoms with E-state index in [9.17, 15) is 4.79 Å². The highest BCUT2D eigenvalue weighted by molar-refractivity contribution is 9.10. The number of nitrogens with zero attached hydrogens (tertiary/aromatic N) is 3. The lowest BCUT2D eigenvalue weighted by Crippen LogP contribution is -2.30. The second-order valence-corrected chi connectivity index (χ2v) is 11.5. The normalized spacial score (nSPS) is 14.9. The van der Waals surface area contributed by atoms with Gasteiger partial charge < -0.3 is 19.5 Å². The SMILES string of the molecule is COc1cc(C2C(C(=O)OC(C)C)=C(C)Nc3nc(SCc4ccccc4Cl)nn32)cc(Br)c1OC(C)C. The van der Waals surface area contributed by atoms with Crippen molar-refractivity contribution in [1.82, 2.24) is 14.8 Å². The number of hydrogen-bond donors (Lipinski definition) is 1. The number of halogens is 2. The van der Waals surface area contributed by atoms with Crippen LogP contribution in [0.25, 0.3) is 0 Å². The summed E-state index contributed by atoms with van der Waals surface area (Å²) in [6.45, 7) is 9.37. The van der Waals surface area contributed by atoms with Gasteiger partial charge in [0, 0.05) is 16.5 Å².